The van der Waals surface area contributed by atoms with E-state index in [9.17, 15) is 10.2 Å². The Morgan fingerprint density at radius 3 is 1.55 bits per heavy atom. The fourth-order valence-electron chi connectivity index (χ4n) is 3.24. The summed E-state index contributed by atoms with van der Waals surface area (Å²) in [7, 11) is 0. The molecule has 6 heteroatoms. The van der Waals surface area contributed by atoms with Crippen molar-refractivity contribution in [2.24, 2.45) is 0 Å². The molecule has 4 aromatic rings. The molecule has 5 rings (SSSR count). The second-order valence-electron chi connectivity index (χ2n) is 5.40. The van der Waals surface area contributed by atoms with Gasteiger partial charge in [0, 0.05) is 0 Å². The van der Waals surface area contributed by atoms with Gasteiger partial charge < -0.3 is 10.2 Å². The smallest absolute Gasteiger partial charge is 0.192 e. The lowest BCUT2D eigenvalue weighted by molar-refractivity contribution is 0.0591. The van der Waals surface area contributed by atoms with E-state index in [1.165, 1.54) is 0 Å². The summed E-state index contributed by atoms with van der Waals surface area (Å²) in [5, 5.41) is 21.5. The van der Waals surface area contributed by atoms with Gasteiger partial charge in [0.1, 0.15) is 0 Å². The van der Waals surface area contributed by atoms with Crippen molar-refractivity contribution >= 4 is 22.1 Å². The van der Waals surface area contributed by atoms with Crippen molar-refractivity contribution in [3.05, 3.63) is 60.2 Å². The third kappa shape index (κ3) is 1.31. The van der Waals surface area contributed by atoms with E-state index in [1.807, 2.05) is 48.5 Å². The van der Waals surface area contributed by atoms with Crippen LogP contribution >= 0.6 is 0 Å². The second-order valence-corrected chi connectivity index (χ2v) is 5.40. The molecule has 2 aromatic carbocycles. The minimum absolute atomic E-state index is 0.421. The van der Waals surface area contributed by atoms with Crippen molar-refractivity contribution in [1.82, 2.24) is 19.1 Å². The summed E-state index contributed by atoms with van der Waals surface area (Å²) in [6, 6.07) is 15.0. The molecule has 0 bridgehead atoms. The highest BCUT2D eigenvalue weighted by atomic mass is 16.3. The fourth-order valence-corrected chi connectivity index (χ4v) is 3.24. The predicted molar refractivity (Wildman–Crippen MR) is 80.2 cm³/mol. The van der Waals surface area contributed by atoms with Crippen LogP contribution in [0.3, 0.4) is 0 Å². The summed E-state index contributed by atoms with van der Waals surface area (Å²) < 4.78 is 3.28. The van der Waals surface area contributed by atoms with Crippen molar-refractivity contribution < 1.29 is 10.2 Å². The van der Waals surface area contributed by atoms with Crippen molar-refractivity contribution in [3.8, 4) is 0 Å². The van der Waals surface area contributed by atoms with Crippen molar-refractivity contribution in [2.45, 2.75) is 12.5 Å². The normalized spacial score (nSPS) is 20.3. The van der Waals surface area contributed by atoms with Gasteiger partial charge in [-0.3, -0.25) is 9.13 Å². The Labute approximate surface area is 124 Å². The second kappa shape index (κ2) is 3.94. The number of hydrogen-bond donors (Lipinski definition) is 2. The van der Waals surface area contributed by atoms with Crippen LogP contribution in [0.2, 0.25) is 0 Å². The first-order valence-electron chi connectivity index (χ1n) is 7.05. The highest BCUT2D eigenvalue weighted by Crippen LogP contribution is 2.36. The maximum Gasteiger partial charge on any atom is 0.192 e. The Morgan fingerprint density at radius 1 is 0.682 bits per heavy atom. The standard InChI is InChI=1S/C16H12N4O2/c21-15-13-17-9-5-1-3-7-11(9)19(13)16(22)14-18-10-6-2-4-8-12(10)20(14)15/h1-8,15-16,21-22H. The Hall–Kier alpha value is -2.70. The number of aromatic nitrogens is 4. The first-order chi connectivity index (χ1) is 10.8. The van der Waals surface area contributed by atoms with Crippen LogP contribution in [0.5, 0.6) is 0 Å². The molecule has 0 radical (unpaired) electrons. The average Bonchev–Trinajstić information content (AvgIpc) is 3.12. The van der Waals surface area contributed by atoms with Crippen LogP contribution in [0.1, 0.15) is 24.1 Å². The minimum Gasteiger partial charge on any atom is -0.366 e. The van der Waals surface area contributed by atoms with Crippen LogP contribution in [0.15, 0.2) is 48.5 Å². The average molecular weight is 292 g/mol. The molecule has 0 saturated heterocycles. The number of rotatable bonds is 0. The largest absolute Gasteiger partial charge is 0.366 e. The molecule has 0 fully saturated rings. The summed E-state index contributed by atoms with van der Waals surface area (Å²) >= 11 is 0. The van der Waals surface area contributed by atoms with Gasteiger partial charge in [-0.25, -0.2) is 9.97 Å². The van der Waals surface area contributed by atoms with E-state index in [1.54, 1.807) is 9.13 Å². The van der Waals surface area contributed by atoms with Gasteiger partial charge in [0.05, 0.1) is 22.1 Å². The Morgan fingerprint density at radius 2 is 1.09 bits per heavy atom. The summed E-state index contributed by atoms with van der Waals surface area (Å²) in [6.07, 6.45) is -1.95. The number of nitrogens with zero attached hydrogens (tertiary/aromatic N) is 4. The lowest BCUT2D eigenvalue weighted by atomic mass is 10.3. The molecule has 1 aliphatic heterocycles. The van der Waals surface area contributed by atoms with Crippen LogP contribution < -0.4 is 0 Å². The fraction of sp³-hybridized carbons (Fsp3) is 0.125. The molecule has 3 heterocycles. The predicted octanol–water partition coefficient (Wildman–Crippen LogP) is 1.78. The van der Waals surface area contributed by atoms with E-state index in [-0.39, 0.29) is 0 Å². The molecule has 0 amide bonds. The Kier molecular flexibility index (Phi) is 2.13. The maximum absolute atomic E-state index is 10.7. The van der Waals surface area contributed by atoms with Crippen LogP contribution in [0.4, 0.5) is 0 Å². The summed E-state index contributed by atoms with van der Waals surface area (Å²) in [5.41, 5.74) is 3.04. The van der Waals surface area contributed by atoms with Gasteiger partial charge in [-0.05, 0) is 24.3 Å². The van der Waals surface area contributed by atoms with E-state index in [4.69, 9.17) is 0 Å². The molecule has 1 aliphatic rings. The first-order valence-corrected chi connectivity index (χ1v) is 7.05. The highest BCUT2D eigenvalue weighted by Gasteiger charge is 2.35. The Balaban J connectivity index is 1.88. The number of aliphatic hydroxyl groups excluding tert-OH is 2. The first kappa shape index (κ1) is 11.9. The van der Waals surface area contributed by atoms with Crippen molar-refractivity contribution in [1.29, 1.82) is 0 Å². The molecular weight excluding hydrogens is 280 g/mol. The van der Waals surface area contributed by atoms with Crippen LogP contribution in [-0.4, -0.2) is 29.3 Å². The zero-order valence-electron chi connectivity index (χ0n) is 11.5. The van der Waals surface area contributed by atoms with E-state index in [0.29, 0.717) is 11.6 Å². The molecule has 108 valence electrons. The number of fused-ring (bicyclic) bond motifs is 6. The molecule has 6 nitrogen and oxygen atoms in total. The lowest BCUT2D eigenvalue weighted by Crippen LogP contribution is -2.29. The quantitative estimate of drug-likeness (QED) is 0.518. The maximum atomic E-state index is 10.7. The zero-order chi connectivity index (χ0) is 14.8. The number of imidazole rings is 2. The van der Waals surface area contributed by atoms with Crippen LogP contribution in [-0.2, 0) is 0 Å². The van der Waals surface area contributed by atoms with Gasteiger partial charge in [0.2, 0.25) is 0 Å². The third-order valence-electron chi connectivity index (χ3n) is 4.20. The number of hydrogen-bond acceptors (Lipinski definition) is 4. The molecule has 2 unspecified atom stereocenters. The lowest BCUT2D eigenvalue weighted by Gasteiger charge is -2.27. The van der Waals surface area contributed by atoms with Gasteiger partial charge in [0.15, 0.2) is 24.1 Å². The summed E-state index contributed by atoms with van der Waals surface area (Å²) in [4.78, 5) is 8.95. The monoisotopic (exact) mass is 292 g/mol. The summed E-state index contributed by atoms with van der Waals surface area (Å²) in [5.74, 6) is 0.841. The van der Waals surface area contributed by atoms with Crippen molar-refractivity contribution in [2.75, 3.05) is 0 Å². The van der Waals surface area contributed by atoms with Crippen LogP contribution in [0.25, 0.3) is 22.1 Å². The molecular formula is C16H12N4O2. The molecule has 22 heavy (non-hydrogen) atoms. The number of aliphatic hydroxyl groups is 2. The minimum atomic E-state index is -0.974. The van der Waals surface area contributed by atoms with Gasteiger partial charge in [-0.2, -0.15) is 0 Å². The van der Waals surface area contributed by atoms with Crippen molar-refractivity contribution in [3.63, 3.8) is 0 Å². The molecule has 2 aromatic heterocycles. The molecule has 0 spiro atoms. The van der Waals surface area contributed by atoms with Gasteiger partial charge in [0.25, 0.3) is 0 Å². The third-order valence-corrected chi connectivity index (χ3v) is 4.20. The SMILES string of the molecule is OC1c2nc3ccccc3n2C(O)c2nc3ccccc3n21. The van der Waals surface area contributed by atoms with Gasteiger partial charge in [-0.15, -0.1) is 0 Å². The van der Waals surface area contributed by atoms with Gasteiger partial charge >= 0.3 is 0 Å². The van der Waals surface area contributed by atoms with Crippen LogP contribution in [0, 0.1) is 0 Å². The molecule has 0 saturated carbocycles. The Bertz CT molecular complexity index is 949. The van der Waals surface area contributed by atoms with E-state index in [2.05, 4.69) is 9.97 Å². The summed E-state index contributed by atoms with van der Waals surface area (Å²) in [6.45, 7) is 0. The number of para-hydroxylation sites is 4. The van der Waals surface area contributed by atoms with E-state index in [0.717, 1.165) is 22.1 Å². The molecule has 2 atom stereocenters. The van der Waals surface area contributed by atoms with E-state index >= 15 is 0 Å². The van der Waals surface area contributed by atoms with Gasteiger partial charge in [-0.1, -0.05) is 24.3 Å². The number of benzene rings is 2. The highest BCUT2D eigenvalue weighted by molar-refractivity contribution is 5.79. The molecule has 2 N–H and O–H groups in total. The topological polar surface area (TPSA) is 76.1 Å². The van der Waals surface area contributed by atoms with E-state index < -0.39 is 12.5 Å². The zero-order valence-corrected chi connectivity index (χ0v) is 11.5. The molecule has 0 aliphatic carbocycles.